The second kappa shape index (κ2) is 5.72. The minimum Gasteiger partial charge on any atom is -0.309 e. The molecule has 3 nitrogen and oxygen atoms in total. The van der Waals surface area contributed by atoms with Crippen LogP contribution in [0.15, 0.2) is 12.3 Å². The number of nitrogens with zero attached hydrogens (tertiary/aromatic N) is 3. The van der Waals surface area contributed by atoms with Crippen molar-refractivity contribution < 1.29 is 0 Å². The Kier molecular flexibility index (Phi) is 3.97. The molecule has 0 aromatic carbocycles. The van der Waals surface area contributed by atoms with Crippen molar-refractivity contribution in [3.63, 3.8) is 0 Å². The number of halogens is 1. The molecule has 1 aliphatic rings. The Bertz CT molecular complexity index is 597. The quantitative estimate of drug-likeness (QED) is 0.773. The SMILES string of the molecule is CCC1CCC(n2c(CCl)nc3cc(C)cnc32)CC1. The average molecular weight is 292 g/mol. The molecule has 0 bridgehead atoms. The molecule has 4 heteroatoms. The summed E-state index contributed by atoms with van der Waals surface area (Å²) in [5, 5.41) is 0. The second-order valence-corrected chi connectivity index (χ2v) is 6.24. The van der Waals surface area contributed by atoms with Gasteiger partial charge in [-0.05, 0) is 50.2 Å². The fourth-order valence-corrected chi connectivity index (χ4v) is 3.61. The molecule has 0 spiro atoms. The number of hydrogen-bond donors (Lipinski definition) is 0. The van der Waals surface area contributed by atoms with Gasteiger partial charge in [-0.3, -0.25) is 0 Å². The lowest BCUT2D eigenvalue weighted by molar-refractivity contribution is 0.270. The summed E-state index contributed by atoms with van der Waals surface area (Å²) in [6, 6.07) is 2.62. The van der Waals surface area contributed by atoms with Crippen molar-refractivity contribution in [2.24, 2.45) is 5.92 Å². The van der Waals surface area contributed by atoms with E-state index in [1.54, 1.807) is 0 Å². The minimum absolute atomic E-state index is 0.461. The number of rotatable bonds is 3. The monoisotopic (exact) mass is 291 g/mol. The molecule has 0 saturated heterocycles. The van der Waals surface area contributed by atoms with Crippen LogP contribution >= 0.6 is 11.6 Å². The minimum atomic E-state index is 0.461. The van der Waals surface area contributed by atoms with Crippen LogP contribution in [0, 0.1) is 12.8 Å². The first-order chi connectivity index (χ1) is 9.72. The topological polar surface area (TPSA) is 30.7 Å². The zero-order chi connectivity index (χ0) is 14.1. The Morgan fingerprint density at radius 3 is 2.70 bits per heavy atom. The van der Waals surface area contributed by atoms with Crippen molar-refractivity contribution in [3.05, 3.63) is 23.7 Å². The van der Waals surface area contributed by atoms with E-state index in [1.165, 1.54) is 32.1 Å². The normalized spacial score (nSPS) is 23.4. The number of aromatic nitrogens is 3. The lowest BCUT2D eigenvalue weighted by atomic mass is 9.84. The maximum absolute atomic E-state index is 6.11. The van der Waals surface area contributed by atoms with E-state index in [9.17, 15) is 0 Å². The van der Waals surface area contributed by atoms with Crippen LogP contribution in [-0.2, 0) is 5.88 Å². The number of imidazole rings is 1. The number of aryl methyl sites for hydroxylation is 1. The molecule has 0 radical (unpaired) electrons. The Balaban J connectivity index is 1.97. The van der Waals surface area contributed by atoms with Gasteiger partial charge in [0.05, 0.1) is 5.88 Å². The molecule has 2 aromatic rings. The van der Waals surface area contributed by atoms with Crippen molar-refractivity contribution in [1.82, 2.24) is 14.5 Å². The Labute approximate surface area is 125 Å². The number of alkyl halides is 1. The van der Waals surface area contributed by atoms with Crippen molar-refractivity contribution in [2.45, 2.75) is 57.9 Å². The van der Waals surface area contributed by atoms with E-state index < -0.39 is 0 Å². The molecule has 1 saturated carbocycles. The highest BCUT2D eigenvalue weighted by atomic mass is 35.5. The van der Waals surface area contributed by atoms with Crippen LogP contribution in [0.2, 0.25) is 0 Å². The summed E-state index contributed by atoms with van der Waals surface area (Å²) in [6.07, 6.45) is 8.31. The van der Waals surface area contributed by atoms with Gasteiger partial charge in [-0.1, -0.05) is 13.3 Å². The smallest absolute Gasteiger partial charge is 0.160 e. The van der Waals surface area contributed by atoms with Gasteiger partial charge >= 0.3 is 0 Å². The van der Waals surface area contributed by atoms with Crippen molar-refractivity contribution in [1.29, 1.82) is 0 Å². The number of hydrogen-bond acceptors (Lipinski definition) is 2. The zero-order valence-corrected chi connectivity index (χ0v) is 13.0. The molecule has 0 aliphatic heterocycles. The Morgan fingerprint density at radius 1 is 1.30 bits per heavy atom. The molecule has 2 heterocycles. The van der Waals surface area contributed by atoms with Crippen molar-refractivity contribution in [2.75, 3.05) is 0 Å². The summed E-state index contributed by atoms with van der Waals surface area (Å²) in [5.41, 5.74) is 3.14. The van der Waals surface area contributed by atoms with E-state index in [1.807, 2.05) is 6.20 Å². The molecule has 108 valence electrons. The maximum atomic E-state index is 6.11. The van der Waals surface area contributed by atoms with Gasteiger partial charge in [-0.25, -0.2) is 9.97 Å². The first-order valence-corrected chi connectivity index (χ1v) is 8.15. The van der Waals surface area contributed by atoms with Crippen LogP contribution in [0.5, 0.6) is 0 Å². The van der Waals surface area contributed by atoms with E-state index in [4.69, 9.17) is 11.6 Å². The fraction of sp³-hybridized carbons (Fsp3) is 0.625. The summed E-state index contributed by atoms with van der Waals surface area (Å²) in [4.78, 5) is 9.28. The van der Waals surface area contributed by atoms with Gasteiger partial charge in [0.15, 0.2) is 5.65 Å². The van der Waals surface area contributed by atoms with E-state index in [-0.39, 0.29) is 0 Å². The van der Waals surface area contributed by atoms with E-state index in [2.05, 4.69) is 34.4 Å². The summed E-state index contributed by atoms with van der Waals surface area (Å²) in [5.74, 6) is 2.33. The predicted octanol–water partition coefficient (Wildman–Crippen LogP) is 4.62. The Morgan fingerprint density at radius 2 is 2.05 bits per heavy atom. The molecule has 2 aromatic heterocycles. The molecular weight excluding hydrogens is 270 g/mol. The third-order valence-electron chi connectivity index (χ3n) is 4.62. The zero-order valence-electron chi connectivity index (χ0n) is 12.3. The van der Waals surface area contributed by atoms with Gasteiger partial charge in [0.25, 0.3) is 0 Å². The third kappa shape index (κ3) is 2.44. The lowest BCUT2D eigenvalue weighted by Gasteiger charge is -2.29. The van der Waals surface area contributed by atoms with Crippen molar-refractivity contribution >= 4 is 22.8 Å². The summed E-state index contributed by atoms with van der Waals surface area (Å²) in [7, 11) is 0. The highest BCUT2D eigenvalue weighted by Gasteiger charge is 2.25. The summed E-state index contributed by atoms with van der Waals surface area (Å²) >= 11 is 6.11. The average Bonchev–Trinajstić information content (AvgIpc) is 2.84. The first kappa shape index (κ1) is 13.9. The number of pyridine rings is 1. The van der Waals surface area contributed by atoms with E-state index >= 15 is 0 Å². The van der Waals surface area contributed by atoms with Crippen LogP contribution in [-0.4, -0.2) is 14.5 Å². The summed E-state index contributed by atoms with van der Waals surface area (Å²) < 4.78 is 2.30. The van der Waals surface area contributed by atoms with Gasteiger partial charge in [0, 0.05) is 12.2 Å². The predicted molar refractivity (Wildman–Crippen MR) is 83.1 cm³/mol. The highest BCUT2D eigenvalue weighted by Crippen LogP contribution is 2.36. The molecule has 3 rings (SSSR count). The molecular formula is C16H22ClN3. The first-order valence-electron chi connectivity index (χ1n) is 7.62. The van der Waals surface area contributed by atoms with Crippen LogP contribution in [0.25, 0.3) is 11.2 Å². The van der Waals surface area contributed by atoms with E-state index in [0.29, 0.717) is 11.9 Å². The van der Waals surface area contributed by atoms with Gasteiger partial charge < -0.3 is 4.57 Å². The molecule has 20 heavy (non-hydrogen) atoms. The van der Waals surface area contributed by atoms with E-state index in [0.717, 1.165) is 28.5 Å². The van der Waals surface area contributed by atoms with Crippen molar-refractivity contribution in [3.8, 4) is 0 Å². The largest absolute Gasteiger partial charge is 0.309 e. The van der Waals surface area contributed by atoms with Gasteiger partial charge in [0.1, 0.15) is 11.3 Å². The third-order valence-corrected chi connectivity index (χ3v) is 4.86. The Hall–Kier alpha value is -1.09. The molecule has 1 aliphatic carbocycles. The van der Waals surface area contributed by atoms with Gasteiger partial charge in [-0.2, -0.15) is 0 Å². The van der Waals surface area contributed by atoms with Crippen LogP contribution in [0.1, 0.15) is 56.5 Å². The van der Waals surface area contributed by atoms with Gasteiger partial charge in [-0.15, -0.1) is 11.6 Å². The standard InChI is InChI=1S/C16H22ClN3/c1-3-12-4-6-13(7-5-12)20-15(9-17)19-14-8-11(2)10-18-16(14)20/h8,10,12-13H,3-7,9H2,1-2H3. The molecule has 0 N–H and O–H groups in total. The molecule has 0 unspecified atom stereocenters. The van der Waals surface area contributed by atoms with Gasteiger partial charge in [0.2, 0.25) is 0 Å². The maximum Gasteiger partial charge on any atom is 0.160 e. The molecule has 0 atom stereocenters. The molecule has 1 fully saturated rings. The number of fused-ring (bicyclic) bond motifs is 1. The molecule has 0 amide bonds. The van der Waals surface area contributed by atoms with Crippen LogP contribution < -0.4 is 0 Å². The fourth-order valence-electron chi connectivity index (χ4n) is 3.42. The van der Waals surface area contributed by atoms with Crippen LogP contribution in [0.3, 0.4) is 0 Å². The highest BCUT2D eigenvalue weighted by molar-refractivity contribution is 6.16. The lowest BCUT2D eigenvalue weighted by Crippen LogP contribution is -2.19. The second-order valence-electron chi connectivity index (χ2n) is 5.97. The van der Waals surface area contributed by atoms with Crippen LogP contribution in [0.4, 0.5) is 0 Å². The summed E-state index contributed by atoms with van der Waals surface area (Å²) in [6.45, 7) is 4.35.